The molecule has 3 amide bonds. The Morgan fingerprint density at radius 1 is 1.50 bits per heavy atom. The van der Waals surface area contributed by atoms with Gasteiger partial charge in [0.2, 0.25) is 0 Å². The van der Waals surface area contributed by atoms with E-state index in [9.17, 15) is 9.59 Å². The van der Waals surface area contributed by atoms with Gasteiger partial charge in [-0.25, -0.2) is 0 Å². The molecule has 8 heavy (non-hydrogen) atoms. The number of amides is 3. The first-order valence-corrected chi connectivity index (χ1v) is 3.16. The van der Waals surface area contributed by atoms with Crippen LogP contribution in [0.2, 0.25) is 0 Å². The van der Waals surface area contributed by atoms with Crippen LogP contribution in [0.3, 0.4) is 0 Å². The van der Waals surface area contributed by atoms with Crippen molar-refractivity contribution in [2.75, 3.05) is 0 Å². The maximum atomic E-state index is 10.4. The maximum absolute atomic E-state index is 10.4. The molecule has 0 bridgehead atoms. The van der Waals surface area contributed by atoms with Crippen LogP contribution in [-0.4, -0.2) is 16.2 Å². The van der Waals surface area contributed by atoms with Gasteiger partial charge in [-0.05, 0) is 0 Å². The molecule has 0 spiro atoms. The van der Waals surface area contributed by atoms with Crippen LogP contribution < -0.4 is 10.6 Å². The zero-order chi connectivity index (χ0) is 6.15. The molecule has 0 aromatic rings. The van der Waals surface area contributed by atoms with Gasteiger partial charge in [0.05, 0.1) is 0 Å². The molecular formula is C3H3AuN2O2. The Bertz CT molecular complexity index is 146. The summed E-state index contributed by atoms with van der Waals surface area (Å²) in [6, 6.07) is -0.414. The first-order valence-electron chi connectivity index (χ1n) is 1.91. The SMILES string of the molecule is O=C1NC(=O)[CH]([Au])N1. The average Bonchev–Trinajstić information content (AvgIpc) is 1.85. The van der Waals surface area contributed by atoms with Gasteiger partial charge in [0.25, 0.3) is 0 Å². The van der Waals surface area contributed by atoms with Crippen LogP contribution in [0.4, 0.5) is 4.79 Å². The Labute approximate surface area is 57.9 Å². The van der Waals surface area contributed by atoms with Gasteiger partial charge in [-0.3, -0.25) is 0 Å². The quantitative estimate of drug-likeness (QED) is 0.431. The Hall–Kier alpha value is -0.320. The normalized spacial score (nSPS) is 27.5. The zero-order valence-electron chi connectivity index (χ0n) is 3.70. The molecule has 0 saturated carbocycles. The van der Waals surface area contributed by atoms with Gasteiger partial charge in [-0.15, -0.1) is 0 Å². The van der Waals surface area contributed by atoms with E-state index in [1.165, 1.54) is 0 Å². The molecule has 1 saturated heterocycles. The molecular weight excluding hydrogens is 293 g/mol. The van der Waals surface area contributed by atoms with Crippen LogP contribution >= 0.6 is 0 Å². The minimum atomic E-state index is -0.414. The van der Waals surface area contributed by atoms with Crippen molar-refractivity contribution < 1.29 is 30.7 Å². The van der Waals surface area contributed by atoms with Gasteiger partial charge in [0.1, 0.15) is 0 Å². The van der Waals surface area contributed by atoms with Gasteiger partial charge in [-0.2, -0.15) is 0 Å². The van der Waals surface area contributed by atoms with Gasteiger partial charge in [-0.1, -0.05) is 0 Å². The van der Waals surface area contributed by atoms with Gasteiger partial charge >= 0.3 is 57.5 Å². The summed E-state index contributed by atoms with van der Waals surface area (Å²) >= 11 is 2.00. The molecule has 1 rings (SSSR count). The number of hydrogen-bond acceptors (Lipinski definition) is 2. The van der Waals surface area contributed by atoms with E-state index in [2.05, 4.69) is 10.6 Å². The van der Waals surface area contributed by atoms with Crippen molar-refractivity contribution >= 4 is 11.9 Å². The van der Waals surface area contributed by atoms with Crippen molar-refractivity contribution in [3.8, 4) is 0 Å². The van der Waals surface area contributed by atoms with Crippen LogP contribution in [0.15, 0.2) is 0 Å². The van der Waals surface area contributed by atoms with Crippen molar-refractivity contribution in [1.82, 2.24) is 10.6 Å². The molecule has 0 radical (unpaired) electrons. The van der Waals surface area contributed by atoms with Crippen molar-refractivity contribution in [2.45, 2.75) is 4.26 Å². The van der Waals surface area contributed by atoms with E-state index in [4.69, 9.17) is 0 Å². The Morgan fingerprint density at radius 2 is 2.12 bits per heavy atom. The summed E-state index contributed by atoms with van der Waals surface area (Å²) in [6.45, 7) is 0. The number of carbonyl (C=O) groups excluding carboxylic acids is 2. The predicted octanol–water partition coefficient (Wildman–Crippen LogP) is -1.30. The fourth-order valence-electron chi connectivity index (χ4n) is 0.376. The first-order chi connectivity index (χ1) is 3.70. The summed E-state index contributed by atoms with van der Waals surface area (Å²) in [5, 5.41) is 4.41. The predicted molar refractivity (Wildman–Crippen MR) is 20.5 cm³/mol. The van der Waals surface area contributed by atoms with E-state index in [1.54, 1.807) is 0 Å². The second-order valence-electron chi connectivity index (χ2n) is 1.28. The number of rotatable bonds is 0. The fraction of sp³-hybridized carbons (Fsp3) is 0.333. The van der Waals surface area contributed by atoms with Crippen LogP contribution in [-0.2, 0) is 25.9 Å². The van der Waals surface area contributed by atoms with Crippen LogP contribution in [0, 0.1) is 0 Å². The topological polar surface area (TPSA) is 58.2 Å². The van der Waals surface area contributed by atoms with E-state index < -0.39 is 10.3 Å². The molecule has 1 atom stereocenters. The number of hydrogen-bond donors (Lipinski definition) is 2. The Kier molecular flexibility index (Phi) is 1.37. The average molecular weight is 296 g/mol. The summed E-state index contributed by atoms with van der Waals surface area (Å²) in [6.07, 6.45) is 0. The molecule has 0 aromatic heterocycles. The third kappa shape index (κ3) is 0.912. The van der Waals surface area contributed by atoms with Crippen molar-refractivity contribution in [2.24, 2.45) is 0 Å². The van der Waals surface area contributed by atoms with Crippen LogP contribution in [0.5, 0.6) is 0 Å². The summed E-state index contributed by atoms with van der Waals surface area (Å²) < 4.78 is -0.414. The third-order valence-electron chi connectivity index (χ3n) is 0.694. The van der Waals surface area contributed by atoms with Crippen molar-refractivity contribution in [1.29, 1.82) is 0 Å². The van der Waals surface area contributed by atoms with E-state index in [0.717, 1.165) is 0 Å². The molecule has 1 aliphatic heterocycles. The summed E-state index contributed by atoms with van der Waals surface area (Å²) in [4.78, 5) is 20.6. The fourth-order valence-corrected chi connectivity index (χ4v) is 0.817. The molecule has 0 aromatic carbocycles. The number of nitrogens with one attached hydrogen (secondary N) is 2. The molecule has 1 unspecified atom stereocenters. The molecule has 48 valence electrons. The number of carbonyl (C=O) groups is 2. The van der Waals surface area contributed by atoms with E-state index in [0.29, 0.717) is 0 Å². The van der Waals surface area contributed by atoms with Gasteiger partial charge in [0, 0.05) is 0 Å². The Morgan fingerprint density at radius 3 is 2.25 bits per heavy atom. The van der Waals surface area contributed by atoms with E-state index >= 15 is 0 Å². The van der Waals surface area contributed by atoms with Crippen molar-refractivity contribution in [3.63, 3.8) is 0 Å². The molecule has 1 aliphatic rings. The summed E-state index contributed by atoms with van der Waals surface area (Å²) in [5.74, 6) is -0.279. The Balaban J connectivity index is 2.64. The van der Waals surface area contributed by atoms with Crippen LogP contribution in [0.1, 0.15) is 0 Å². The van der Waals surface area contributed by atoms with E-state index in [1.807, 2.05) is 21.1 Å². The molecule has 1 fully saturated rings. The van der Waals surface area contributed by atoms with E-state index in [-0.39, 0.29) is 5.91 Å². The second-order valence-corrected chi connectivity index (χ2v) is 2.53. The molecule has 0 aliphatic carbocycles. The van der Waals surface area contributed by atoms with Crippen LogP contribution in [0.25, 0.3) is 0 Å². The molecule has 5 heteroatoms. The zero-order valence-corrected chi connectivity index (χ0v) is 5.86. The number of imide groups is 1. The number of urea groups is 1. The standard InChI is InChI=1S/C3H3N2O2.Au/c6-2-1-4-3(7)5-2;/h1H,(H2,4,5,6,7);. The second kappa shape index (κ2) is 1.89. The van der Waals surface area contributed by atoms with Gasteiger partial charge < -0.3 is 0 Å². The third-order valence-corrected chi connectivity index (χ3v) is 1.57. The molecule has 2 N–H and O–H groups in total. The first kappa shape index (κ1) is 5.81. The van der Waals surface area contributed by atoms with Gasteiger partial charge in [0.15, 0.2) is 0 Å². The minimum absolute atomic E-state index is 0.279. The summed E-state index contributed by atoms with van der Waals surface area (Å²) in [7, 11) is 0. The summed E-state index contributed by atoms with van der Waals surface area (Å²) in [5.41, 5.74) is 0. The van der Waals surface area contributed by atoms with Crippen molar-refractivity contribution in [3.05, 3.63) is 0 Å². The molecule has 1 heterocycles. The monoisotopic (exact) mass is 296 g/mol. The molecule has 4 nitrogen and oxygen atoms in total.